The Labute approximate surface area is 104 Å². The maximum atomic E-state index is 11.9. The van der Waals surface area contributed by atoms with Gasteiger partial charge in [0, 0.05) is 6.04 Å². The molecule has 0 aliphatic rings. The zero-order valence-electron chi connectivity index (χ0n) is 10.9. The fraction of sp³-hybridized carbons (Fsp3) is 0.538. The van der Waals surface area contributed by atoms with E-state index in [2.05, 4.69) is 4.72 Å². The number of nitrogens with one attached hydrogen (secondary N) is 1. The predicted octanol–water partition coefficient (Wildman–Crippen LogP) is 2.54. The zero-order chi connectivity index (χ0) is 13.1. The molecule has 0 aliphatic carbocycles. The lowest BCUT2D eigenvalue weighted by Crippen LogP contribution is -2.41. The van der Waals surface area contributed by atoms with Crippen molar-refractivity contribution in [1.82, 2.24) is 4.72 Å². The molecule has 0 aliphatic heterocycles. The summed E-state index contributed by atoms with van der Waals surface area (Å²) in [4.78, 5) is 0. The minimum Gasteiger partial charge on any atom is -0.212 e. The average Bonchev–Trinajstić information content (AvgIpc) is 2.16. The molecule has 0 amide bonds. The van der Waals surface area contributed by atoms with Crippen LogP contribution < -0.4 is 4.72 Å². The summed E-state index contributed by atoms with van der Waals surface area (Å²) in [6, 6.07) is 9.12. The second-order valence-corrected chi connectivity index (χ2v) is 7.20. The second-order valence-electron chi connectivity index (χ2n) is 5.45. The maximum absolute atomic E-state index is 11.9. The van der Waals surface area contributed by atoms with Gasteiger partial charge in [-0.2, -0.15) is 0 Å². The van der Waals surface area contributed by atoms with Gasteiger partial charge in [0.2, 0.25) is 10.0 Å². The van der Waals surface area contributed by atoms with Gasteiger partial charge in [-0.05, 0) is 17.9 Å². The zero-order valence-corrected chi connectivity index (χ0v) is 11.7. The van der Waals surface area contributed by atoms with Crippen molar-refractivity contribution in [3.05, 3.63) is 35.9 Å². The van der Waals surface area contributed by atoms with Crippen molar-refractivity contribution in [2.75, 3.05) is 0 Å². The molecular weight excluding hydrogens is 234 g/mol. The fourth-order valence-electron chi connectivity index (χ4n) is 1.28. The third kappa shape index (κ3) is 4.88. The minimum absolute atomic E-state index is 0.0360. The molecule has 1 aromatic carbocycles. The van der Waals surface area contributed by atoms with Crippen molar-refractivity contribution < 1.29 is 8.42 Å². The van der Waals surface area contributed by atoms with Gasteiger partial charge in [0.25, 0.3) is 0 Å². The van der Waals surface area contributed by atoms with Gasteiger partial charge in [0.15, 0.2) is 0 Å². The van der Waals surface area contributed by atoms with Crippen LogP contribution in [0.3, 0.4) is 0 Å². The molecule has 0 heterocycles. The molecular formula is C13H21NO2S. The van der Waals surface area contributed by atoms with Gasteiger partial charge < -0.3 is 0 Å². The molecule has 0 saturated heterocycles. The highest BCUT2D eigenvalue weighted by atomic mass is 32.2. The largest absolute Gasteiger partial charge is 0.216 e. The molecule has 0 bridgehead atoms. The van der Waals surface area contributed by atoms with Crippen LogP contribution in [0, 0.1) is 5.41 Å². The molecule has 0 unspecified atom stereocenters. The average molecular weight is 255 g/mol. The Kier molecular flexibility index (Phi) is 4.33. The summed E-state index contributed by atoms with van der Waals surface area (Å²) in [5.74, 6) is 0.0360. The van der Waals surface area contributed by atoms with Crippen LogP contribution >= 0.6 is 0 Å². The smallest absolute Gasteiger partial charge is 0.212 e. The fourth-order valence-corrected chi connectivity index (χ4v) is 2.89. The molecule has 1 aromatic rings. The third-order valence-electron chi connectivity index (χ3n) is 2.85. The SMILES string of the molecule is C[C@@H](NS(=O)(=O)Cc1ccccc1)C(C)(C)C. The standard InChI is InChI=1S/C13H21NO2S/c1-11(13(2,3)4)14-17(15,16)10-12-8-6-5-7-9-12/h5-9,11,14H,10H2,1-4H3/t11-/m1/s1. The third-order valence-corrected chi connectivity index (χ3v) is 4.28. The number of benzene rings is 1. The number of rotatable bonds is 4. The van der Waals surface area contributed by atoms with Crippen LogP contribution in [0.2, 0.25) is 0 Å². The number of hydrogen-bond donors (Lipinski definition) is 1. The molecule has 0 aromatic heterocycles. The van der Waals surface area contributed by atoms with Crippen molar-refractivity contribution in [3.8, 4) is 0 Å². The Morgan fingerprint density at radius 1 is 1.18 bits per heavy atom. The van der Waals surface area contributed by atoms with Crippen LogP contribution in [0.5, 0.6) is 0 Å². The topological polar surface area (TPSA) is 46.2 Å². The molecule has 1 N–H and O–H groups in total. The lowest BCUT2D eigenvalue weighted by molar-refractivity contribution is 0.317. The van der Waals surface area contributed by atoms with Crippen LogP contribution in [0.4, 0.5) is 0 Å². The highest BCUT2D eigenvalue weighted by Crippen LogP contribution is 2.19. The normalized spacial score (nSPS) is 14.6. The molecule has 4 heteroatoms. The van der Waals surface area contributed by atoms with E-state index >= 15 is 0 Å². The van der Waals surface area contributed by atoms with Gasteiger partial charge in [0.1, 0.15) is 0 Å². The highest BCUT2D eigenvalue weighted by molar-refractivity contribution is 7.88. The Balaban J connectivity index is 2.71. The Hall–Kier alpha value is -0.870. The van der Waals surface area contributed by atoms with Crippen LogP contribution in [0.15, 0.2) is 30.3 Å². The predicted molar refractivity (Wildman–Crippen MR) is 71.1 cm³/mol. The second kappa shape index (κ2) is 5.19. The van der Waals surface area contributed by atoms with Crippen LogP contribution in [0.1, 0.15) is 33.3 Å². The quantitative estimate of drug-likeness (QED) is 0.898. The van der Waals surface area contributed by atoms with Crippen LogP contribution in [0.25, 0.3) is 0 Å². The van der Waals surface area contributed by atoms with Gasteiger partial charge in [-0.1, -0.05) is 51.1 Å². The van der Waals surface area contributed by atoms with E-state index in [4.69, 9.17) is 0 Å². The van der Waals surface area contributed by atoms with Gasteiger partial charge in [-0.25, -0.2) is 13.1 Å². The maximum Gasteiger partial charge on any atom is 0.216 e. The first kappa shape index (κ1) is 14.2. The molecule has 1 rings (SSSR count). The first-order chi connectivity index (χ1) is 7.71. The van der Waals surface area contributed by atoms with Gasteiger partial charge >= 0.3 is 0 Å². The summed E-state index contributed by atoms with van der Waals surface area (Å²) < 4.78 is 26.6. The van der Waals surface area contributed by atoms with E-state index in [-0.39, 0.29) is 17.2 Å². The van der Waals surface area contributed by atoms with Crippen LogP contribution in [-0.2, 0) is 15.8 Å². The van der Waals surface area contributed by atoms with E-state index in [0.717, 1.165) is 5.56 Å². The summed E-state index contributed by atoms with van der Waals surface area (Å²) in [5, 5.41) is 0. The molecule has 0 fully saturated rings. The van der Waals surface area contributed by atoms with Crippen molar-refractivity contribution in [1.29, 1.82) is 0 Å². The molecule has 0 radical (unpaired) electrons. The Bertz CT molecular complexity index is 446. The van der Waals surface area contributed by atoms with E-state index in [9.17, 15) is 8.42 Å². The molecule has 3 nitrogen and oxygen atoms in total. The molecule has 0 saturated carbocycles. The lowest BCUT2D eigenvalue weighted by atomic mass is 9.89. The van der Waals surface area contributed by atoms with Crippen molar-refractivity contribution >= 4 is 10.0 Å². The van der Waals surface area contributed by atoms with Gasteiger partial charge in [0.05, 0.1) is 5.75 Å². The summed E-state index contributed by atoms with van der Waals surface area (Å²) in [7, 11) is -3.27. The molecule has 1 atom stereocenters. The van der Waals surface area contributed by atoms with E-state index in [0.29, 0.717) is 0 Å². The lowest BCUT2D eigenvalue weighted by Gasteiger charge is -2.27. The molecule has 17 heavy (non-hydrogen) atoms. The number of hydrogen-bond acceptors (Lipinski definition) is 2. The van der Waals surface area contributed by atoms with Gasteiger partial charge in [-0.3, -0.25) is 0 Å². The summed E-state index contributed by atoms with van der Waals surface area (Å²) in [6.45, 7) is 7.94. The van der Waals surface area contributed by atoms with Crippen molar-refractivity contribution in [2.24, 2.45) is 5.41 Å². The van der Waals surface area contributed by atoms with E-state index in [1.54, 1.807) is 0 Å². The molecule has 0 spiro atoms. The van der Waals surface area contributed by atoms with E-state index in [1.165, 1.54) is 0 Å². The summed E-state index contributed by atoms with van der Waals surface area (Å²) >= 11 is 0. The first-order valence-electron chi connectivity index (χ1n) is 5.75. The van der Waals surface area contributed by atoms with E-state index < -0.39 is 10.0 Å². The monoisotopic (exact) mass is 255 g/mol. The van der Waals surface area contributed by atoms with Gasteiger partial charge in [-0.15, -0.1) is 0 Å². The first-order valence-corrected chi connectivity index (χ1v) is 7.40. The van der Waals surface area contributed by atoms with Crippen molar-refractivity contribution in [2.45, 2.75) is 39.5 Å². The van der Waals surface area contributed by atoms with Crippen LogP contribution in [-0.4, -0.2) is 14.5 Å². The highest BCUT2D eigenvalue weighted by Gasteiger charge is 2.24. The Morgan fingerprint density at radius 2 is 1.71 bits per heavy atom. The van der Waals surface area contributed by atoms with E-state index in [1.807, 2.05) is 58.0 Å². The number of sulfonamides is 1. The summed E-state index contributed by atoms with van der Waals surface area (Å²) in [5.41, 5.74) is 0.727. The summed E-state index contributed by atoms with van der Waals surface area (Å²) in [6.07, 6.45) is 0. The molecule has 96 valence electrons. The minimum atomic E-state index is -3.27. The van der Waals surface area contributed by atoms with Crippen molar-refractivity contribution in [3.63, 3.8) is 0 Å². The Morgan fingerprint density at radius 3 is 2.18 bits per heavy atom.